The first-order valence-electron chi connectivity index (χ1n) is 7.53. The van der Waals surface area contributed by atoms with Crippen LogP contribution in [0.5, 0.6) is 0 Å². The fourth-order valence-corrected chi connectivity index (χ4v) is 2.81. The molecule has 1 N–H and O–H groups in total. The van der Waals surface area contributed by atoms with Gasteiger partial charge >= 0.3 is 12.1 Å². The van der Waals surface area contributed by atoms with Crippen LogP contribution in [0.3, 0.4) is 0 Å². The first kappa shape index (κ1) is 20.0. The van der Waals surface area contributed by atoms with Gasteiger partial charge in [-0.3, -0.25) is 0 Å². The van der Waals surface area contributed by atoms with Gasteiger partial charge in [-0.15, -0.1) is 0 Å². The molecule has 0 heterocycles. The number of carbonyl (C=O) groups is 2. The number of carboxylic acids is 1. The lowest BCUT2D eigenvalue weighted by Crippen LogP contribution is -2.38. The van der Waals surface area contributed by atoms with E-state index in [2.05, 4.69) is 0 Å². The number of aliphatic carboxylic acids is 1. The molecule has 0 aromatic heterocycles. The van der Waals surface area contributed by atoms with Gasteiger partial charge in [0.2, 0.25) is 6.10 Å². The summed E-state index contributed by atoms with van der Waals surface area (Å²) < 4.78 is 28.5. The van der Waals surface area contributed by atoms with Crippen LogP contribution in [0, 0.1) is 0 Å². The first-order valence-corrected chi connectivity index (χ1v) is 9.25. The quantitative estimate of drug-likeness (QED) is 0.758. The monoisotopic (exact) mass is 357 g/mol. The van der Waals surface area contributed by atoms with Gasteiger partial charge in [0.05, 0.1) is 11.0 Å². The summed E-state index contributed by atoms with van der Waals surface area (Å²) in [5, 5.41) is 8.67. The SMILES string of the molecule is CC(C)S(=O)(=O)CCN(C)C(=O)O[C@@H](Cc1ccccc1)C(=O)O. The van der Waals surface area contributed by atoms with E-state index in [1.165, 1.54) is 7.05 Å². The Bertz CT molecular complexity index is 656. The van der Waals surface area contributed by atoms with Gasteiger partial charge in [0.15, 0.2) is 9.84 Å². The molecule has 0 radical (unpaired) electrons. The third-order valence-corrected chi connectivity index (χ3v) is 5.71. The van der Waals surface area contributed by atoms with E-state index in [1.54, 1.807) is 44.2 Å². The maximum atomic E-state index is 12.0. The molecule has 1 rings (SSSR count). The van der Waals surface area contributed by atoms with E-state index in [9.17, 15) is 23.1 Å². The summed E-state index contributed by atoms with van der Waals surface area (Å²) in [6.45, 7) is 3.07. The van der Waals surface area contributed by atoms with Gasteiger partial charge in [0.1, 0.15) is 0 Å². The standard InChI is InChI=1S/C16H23NO6S/c1-12(2)24(21,22)10-9-17(3)16(20)23-14(15(18)19)11-13-7-5-4-6-8-13/h4-8,12,14H,9-11H2,1-3H3,(H,18,19)/t14-/m0/s1. The minimum absolute atomic E-state index is 0.0417. The zero-order valence-electron chi connectivity index (χ0n) is 14.0. The number of benzene rings is 1. The van der Waals surface area contributed by atoms with Crippen LogP contribution in [0.2, 0.25) is 0 Å². The third kappa shape index (κ3) is 6.19. The van der Waals surface area contributed by atoms with Gasteiger partial charge in [-0.05, 0) is 19.4 Å². The number of amides is 1. The molecule has 0 saturated carbocycles. The molecule has 134 valence electrons. The second-order valence-corrected chi connectivity index (χ2v) is 8.41. The number of rotatable bonds is 8. The highest BCUT2D eigenvalue weighted by Crippen LogP contribution is 2.09. The molecule has 1 aromatic rings. The van der Waals surface area contributed by atoms with E-state index >= 15 is 0 Å². The maximum absolute atomic E-state index is 12.0. The Kier molecular flexibility index (Phi) is 7.21. The number of sulfone groups is 1. The van der Waals surface area contributed by atoms with Crippen molar-refractivity contribution < 1.29 is 27.9 Å². The zero-order valence-corrected chi connectivity index (χ0v) is 14.8. The summed E-state index contributed by atoms with van der Waals surface area (Å²) in [6.07, 6.45) is -2.15. The molecular formula is C16H23NO6S. The highest BCUT2D eigenvalue weighted by Gasteiger charge is 2.25. The predicted octanol–water partition coefficient (Wildman–Crippen LogP) is 1.57. The maximum Gasteiger partial charge on any atom is 0.410 e. The van der Waals surface area contributed by atoms with Gasteiger partial charge in [0, 0.05) is 20.0 Å². The summed E-state index contributed by atoms with van der Waals surface area (Å²) in [5.41, 5.74) is 0.725. The molecule has 24 heavy (non-hydrogen) atoms. The van der Waals surface area contributed by atoms with Crippen molar-refractivity contribution in [1.29, 1.82) is 0 Å². The molecule has 0 aliphatic rings. The van der Waals surface area contributed by atoms with Crippen molar-refractivity contribution in [3.05, 3.63) is 35.9 Å². The van der Waals surface area contributed by atoms with Crippen molar-refractivity contribution in [3.8, 4) is 0 Å². The van der Waals surface area contributed by atoms with Crippen molar-refractivity contribution in [3.63, 3.8) is 0 Å². The van der Waals surface area contributed by atoms with Crippen molar-refractivity contribution in [2.45, 2.75) is 31.6 Å². The van der Waals surface area contributed by atoms with Gasteiger partial charge < -0.3 is 14.7 Å². The van der Waals surface area contributed by atoms with Crippen LogP contribution < -0.4 is 0 Å². The Morgan fingerprint density at radius 2 is 1.79 bits per heavy atom. The normalized spacial score (nSPS) is 12.7. The van der Waals surface area contributed by atoms with Gasteiger partial charge in [-0.2, -0.15) is 0 Å². The summed E-state index contributed by atoms with van der Waals surface area (Å²) in [5.74, 6) is -1.46. The number of hydrogen-bond donors (Lipinski definition) is 1. The lowest BCUT2D eigenvalue weighted by molar-refractivity contribution is -0.147. The van der Waals surface area contributed by atoms with Crippen LogP contribution >= 0.6 is 0 Å². The number of carboxylic acid groups (broad SMARTS) is 1. The van der Waals surface area contributed by atoms with Crippen LogP contribution in [-0.4, -0.2) is 61.2 Å². The van der Waals surface area contributed by atoms with Gasteiger partial charge in [0.25, 0.3) is 0 Å². The van der Waals surface area contributed by atoms with Crippen LogP contribution in [0.4, 0.5) is 4.79 Å². The highest BCUT2D eigenvalue weighted by molar-refractivity contribution is 7.92. The second-order valence-electron chi connectivity index (χ2n) is 5.74. The van der Waals surface area contributed by atoms with Crippen molar-refractivity contribution in [1.82, 2.24) is 4.90 Å². The fraction of sp³-hybridized carbons (Fsp3) is 0.500. The van der Waals surface area contributed by atoms with E-state index in [1.807, 2.05) is 0 Å². The topological polar surface area (TPSA) is 101 Å². The van der Waals surface area contributed by atoms with E-state index in [0.29, 0.717) is 0 Å². The summed E-state index contributed by atoms with van der Waals surface area (Å²) in [6, 6.07) is 8.80. The average molecular weight is 357 g/mol. The van der Waals surface area contributed by atoms with Crippen molar-refractivity contribution in [2.75, 3.05) is 19.3 Å². The Morgan fingerprint density at radius 3 is 2.29 bits per heavy atom. The predicted molar refractivity (Wildman–Crippen MR) is 89.6 cm³/mol. The molecule has 0 saturated heterocycles. The van der Waals surface area contributed by atoms with E-state index in [4.69, 9.17) is 4.74 Å². The van der Waals surface area contributed by atoms with E-state index in [-0.39, 0.29) is 18.7 Å². The lowest BCUT2D eigenvalue weighted by Gasteiger charge is -2.21. The van der Waals surface area contributed by atoms with Crippen LogP contribution in [0.1, 0.15) is 19.4 Å². The summed E-state index contributed by atoms with van der Waals surface area (Å²) >= 11 is 0. The van der Waals surface area contributed by atoms with Crippen LogP contribution in [-0.2, 0) is 25.8 Å². The average Bonchev–Trinajstić information content (AvgIpc) is 2.52. The molecule has 1 amide bonds. The molecule has 0 aliphatic heterocycles. The lowest BCUT2D eigenvalue weighted by atomic mass is 10.1. The fourth-order valence-electron chi connectivity index (χ4n) is 1.81. The summed E-state index contributed by atoms with van der Waals surface area (Å²) in [7, 11) is -1.91. The number of hydrogen-bond acceptors (Lipinski definition) is 5. The van der Waals surface area contributed by atoms with Gasteiger partial charge in [-0.25, -0.2) is 18.0 Å². The number of ether oxygens (including phenoxy) is 1. The second kappa shape index (κ2) is 8.68. The van der Waals surface area contributed by atoms with E-state index in [0.717, 1.165) is 10.5 Å². The minimum Gasteiger partial charge on any atom is -0.478 e. The Balaban J connectivity index is 2.63. The van der Waals surface area contributed by atoms with Gasteiger partial charge in [-0.1, -0.05) is 30.3 Å². The molecule has 0 bridgehead atoms. The Morgan fingerprint density at radius 1 is 1.21 bits per heavy atom. The largest absolute Gasteiger partial charge is 0.478 e. The molecule has 1 atom stereocenters. The summed E-state index contributed by atoms with van der Waals surface area (Å²) in [4.78, 5) is 24.3. The highest BCUT2D eigenvalue weighted by atomic mass is 32.2. The molecule has 7 nitrogen and oxygen atoms in total. The molecule has 0 aliphatic carbocycles. The van der Waals surface area contributed by atoms with E-state index < -0.39 is 33.3 Å². The molecule has 0 unspecified atom stereocenters. The number of carbonyl (C=O) groups excluding carboxylic acids is 1. The minimum atomic E-state index is -3.29. The third-order valence-electron chi connectivity index (χ3n) is 3.52. The molecule has 0 fully saturated rings. The molecule has 1 aromatic carbocycles. The first-order chi connectivity index (χ1) is 11.1. The Labute approximate surface area is 142 Å². The molecular weight excluding hydrogens is 334 g/mol. The molecule has 8 heteroatoms. The van der Waals surface area contributed by atoms with Crippen molar-refractivity contribution in [2.24, 2.45) is 0 Å². The van der Waals surface area contributed by atoms with Crippen LogP contribution in [0.15, 0.2) is 30.3 Å². The zero-order chi connectivity index (χ0) is 18.3. The smallest absolute Gasteiger partial charge is 0.410 e. The molecule has 0 spiro atoms. The van der Waals surface area contributed by atoms with Crippen molar-refractivity contribution >= 4 is 21.9 Å². The Hall–Kier alpha value is -2.09. The van der Waals surface area contributed by atoms with Crippen LogP contribution in [0.25, 0.3) is 0 Å². The number of nitrogens with zero attached hydrogens (tertiary/aromatic N) is 1.